The lowest BCUT2D eigenvalue weighted by Crippen LogP contribution is -2.50. The maximum Gasteiger partial charge on any atom is 0.321 e. The van der Waals surface area contributed by atoms with Crippen LogP contribution in [0.3, 0.4) is 0 Å². The van der Waals surface area contributed by atoms with Crippen LogP contribution in [0.15, 0.2) is 0 Å². The number of likely N-dealkylation sites (N-methyl/N-ethyl adjacent to an activating group) is 1. The molecule has 0 bridgehead atoms. The Kier molecular flexibility index (Phi) is 5.57. The molecule has 7 nitrogen and oxygen atoms in total. The van der Waals surface area contributed by atoms with Crippen molar-refractivity contribution in [2.75, 3.05) is 20.1 Å². The number of hydrogen-bond acceptors (Lipinski definition) is 4. The molecular weight excluding hydrogens is 238 g/mol. The zero-order valence-corrected chi connectivity index (χ0v) is 10.4. The van der Waals surface area contributed by atoms with E-state index in [9.17, 15) is 14.4 Å². The lowest BCUT2D eigenvalue weighted by Gasteiger charge is -2.30. The number of urea groups is 1. The summed E-state index contributed by atoms with van der Waals surface area (Å²) >= 11 is 0. The molecule has 18 heavy (non-hydrogen) atoms. The van der Waals surface area contributed by atoms with E-state index in [0.29, 0.717) is 0 Å². The molecule has 0 aliphatic carbocycles. The largest absolute Gasteiger partial charge is 0.481 e. The molecule has 1 saturated heterocycles. The van der Waals surface area contributed by atoms with Gasteiger partial charge < -0.3 is 15.3 Å². The minimum absolute atomic E-state index is 0.0380. The average Bonchev–Trinajstić information content (AvgIpc) is 2.26. The highest BCUT2D eigenvalue weighted by Crippen LogP contribution is 2.07. The number of likely N-dealkylation sites (tertiary alicyclic amines) is 1. The molecule has 0 aromatic carbocycles. The van der Waals surface area contributed by atoms with Gasteiger partial charge in [0.15, 0.2) is 0 Å². The van der Waals surface area contributed by atoms with Crippen molar-refractivity contribution >= 4 is 17.9 Å². The minimum atomic E-state index is -1.06. The number of carbonyl (C=O) groups is 3. The quantitative estimate of drug-likeness (QED) is 0.646. The minimum Gasteiger partial charge on any atom is -0.481 e. The number of nitrogens with one attached hydrogen (secondary N) is 2. The number of rotatable bonds is 4. The number of imide groups is 1. The van der Waals surface area contributed by atoms with Crippen molar-refractivity contribution in [3.05, 3.63) is 0 Å². The van der Waals surface area contributed by atoms with E-state index in [4.69, 9.17) is 5.11 Å². The van der Waals surface area contributed by atoms with E-state index < -0.39 is 17.9 Å². The van der Waals surface area contributed by atoms with Crippen molar-refractivity contribution in [3.8, 4) is 0 Å². The van der Waals surface area contributed by atoms with Crippen LogP contribution in [0.1, 0.15) is 25.7 Å². The molecule has 0 radical (unpaired) electrons. The summed E-state index contributed by atoms with van der Waals surface area (Å²) in [5.41, 5.74) is 0. The predicted molar refractivity (Wildman–Crippen MR) is 64.1 cm³/mol. The molecule has 1 rings (SSSR count). The van der Waals surface area contributed by atoms with Crippen LogP contribution in [-0.2, 0) is 9.59 Å². The van der Waals surface area contributed by atoms with Crippen LogP contribution < -0.4 is 10.6 Å². The van der Waals surface area contributed by atoms with Crippen LogP contribution in [0.4, 0.5) is 4.79 Å². The van der Waals surface area contributed by atoms with Crippen LogP contribution in [0.2, 0.25) is 0 Å². The Labute approximate surface area is 106 Å². The van der Waals surface area contributed by atoms with Crippen molar-refractivity contribution in [3.63, 3.8) is 0 Å². The molecule has 102 valence electrons. The summed E-state index contributed by atoms with van der Waals surface area (Å²) < 4.78 is 0. The van der Waals surface area contributed by atoms with Crippen molar-refractivity contribution in [1.29, 1.82) is 0 Å². The first kappa shape index (κ1) is 14.4. The lowest BCUT2D eigenvalue weighted by molar-refractivity contribution is -0.138. The maximum atomic E-state index is 11.5. The summed E-state index contributed by atoms with van der Waals surface area (Å²) in [6.45, 7) is 1.77. The molecule has 3 amide bonds. The lowest BCUT2D eigenvalue weighted by atomic mass is 10.1. The normalized spacial score (nSPS) is 20.2. The molecule has 1 fully saturated rings. The van der Waals surface area contributed by atoms with Gasteiger partial charge >= 0.3 is 12.0 Å². The molecule has 1 heterocycles. The highest BCUT2D eigenvalue weighted by atomic mass is 16.4. The number of hydrogen-bond donors (Lipinski definition) is 3. The van der Waals surface area contributed by atoms with E-state index in [2.05, 4.69) is 15.5 Å². The van der Waals surface area contributed by atoms with E-state index in [1.54, 1.807) is 0 Å². The van der Waals surface area contributed by atoms with E-state index in [0.717, 1.165) is 25.9 Å². The number of carboxylic acid groups (broad SMARTS) is 1. The summed E-state index contributed by atoms with van der Waals surface area (Å²) in [6, 6.07) is -0.512. The first-order valence-electron chi connectivity index (χ1n) is 5.98. The molecule has 3 N–H and O–H groups in total. The van der Waals surface area contributed by atoms with Gasteiger partial charge in [-0.3, -0.25) is 14.9 Å². The first-order chi connectivity index (χ1) is 8.47. The van der Waals surface area contributed by atoms with Crippen LogP contribution in [0, 0.1) is 0 Å². The van der Waals surface area contributed by atoms with Crippen LogP contribution in [-0.4, -0.2) is 54.1 Å². The molecule has 0 aromatic rings. The number of nitrogens with zero attached hydrogens (tertiary/aromatic N) is 1. The van der Waals surface area contributed by atoms with Crippen molar-refractivity contribution < 1.29 is 19.5 Å². The molecule has 0 aromatic heterocycles. The van der Waals surface area contributed by atoms with Gasteiger partial charge in [0.1, 0.15) is 0 Å². The molecule has 1 atom stereocenters. The second kappa shape index (κ2) is 6.95. The zero-order chi connectivity index (χ0) is 13.5. The Balaban J connectivity index is 2.24. The fraction of sp³-hybridized carbons (Fsp3) is 0.727. The number of carboxylic acids is 1. The van der Waals surface area contributed by atoms with Crippen molar-refractivity contribution in [2.24, 2.45) is 0 Å². The molecule has 1 aliphatic rings. The third-order valence-electron chi connectivity index (χ3n) is 2.78. The number of aliphatic carboxylic acids is 1. The molecule has 1 aliphatic heterocycles. The molecule has 0 saturated carbocycles. The highest BCUT2D eigenvalue weighted by Gasteiger charge is 2.19. The van der Waals surface area contributed by atoms with Gasteiger partial charge in [0.2, 0.25) is 5.91 Å². The smallest absolute Gasteiger partial charge is 0.321 e. The Morgan fingerprint density at radius 3 is 2.67 bits per heavy atom. The Morgan fingerprint density at radius 2 is 2.06 bits per heavy atom. The van der Waals surface area contributed by atoms with Gasteiger partial charge in [-0.15, -0.1) is 0 Å². The van der Waals surface area contributed by atoms with Gasteiger partial charge in [-0.05, 0) is 26.4 Å². The van der Waals surface area contributed by atoms with Crippen molar-refractivity contribution in [1.82, 2.24) is 15.5 Å². The summed E-state index contributed by atoms with van der Waals surface area (Å²) in [4.78, 5) is 35.1. The van der Waals surface area contributed by atoms with Gasteiger partial charge in [-0.1, -0.05) is 0 Å². The van der Waals surface area contributed by atoms with Gasteiger partial charge in [-0.25, -0.2) is 4.79 Å². The Morgan fingerprint density at radius 1 is 1.33 bits per heavy atom. The third-order valence-corrected chi connectivity index (χ3v) is 2.78. The van der Waals surface area contributed by atoms with Crippen LogP contribution >= 0.6 is 0 Å². The summed E-state index contributed by atoms with van der Waals surface area (Å²) in [6.07, 6.45) is 1.44. The second-order valence-electron chi connectivity index (χ2n) is 4.52. The monoisotopic (exact) mass is 257 g/mol. The van der Waals surface area contributed by atoms with Gasteiger partial charge in [0.25, 0.3) is 0 Å². The standard InChI is InChI=1S/C11H19N3O4/c1-14-6-2-3-8(7-14)12-11(18)13-9(15)4-5-10(16)17/h8H,2-7H2,1H3,(H,16,17)(H2,12,13,15,18). The highest BCUT2D eigenvalue weighted by molar-refractivity contribution is 5.95. The average molecular weight is 257 g/mol. The summed E-state index contributed by atoms with van der Waals surface area (Å²) in [5.74, 6) is -1.63. The van der Waals surface area contributed by atoms with E-state index in [1.807, 2.05) is 7.05 Å². The maximum absolute atomic E-state index is 11.5. The zero-order valence-electron chi connectivity index (χ0n) is 10.4. The summed E-state index contributed by atoms with van der Waals surface area (Å²) in [5, 5.41) is 13.2. The Bertz CT molecular complexity index is 332. The third kappa shape index (κ3) is 5.62. The van der Waals surface area contributed by atoms with E-state index in [-0.39, 0.29) is 18.9 Å². The topological polar surface area (TPSA) is 98.7 Å². The fourth-order valence-electron chi connectivity index (χ4n) is 1.92. The van der Waals surface area contributed by atoms with Gasteiger partial charge in [-0.2, -0.15) is 0 Å². The van der Waals surface area contributed by atoms with E-state index >= 15 is 0 Å². The van der Waals surface area contributed by atoms with Crippen LogP contribution in [0.5, 0.6) is 0 Å². The molecule has 7 heteroatoms. The molecule has 1 unspecified atom stereocenters. The van der Waals surface area contributed by atoms with Gasteiger partial charge in [0.05, 0.1) is 6.42 Å². The summed E-state index contributed by atoms with van der Waals surface area (Å²) in [7, 11) is 1.98. The van der Waals surface area contributed by atoms with E-state index in [1.165, 1.54) is 0 Å². The second-order valence-corrected chi connectivity index (χ2v) is 4.52. The number of piperidine rings is 1. The van der Waals surface area contributed by atoms with Crippen molar-refractivity contribution in [2.45, 2.75) is 31.7 Å². The number of carbonyl (C=O) groups excluding carboxylic acids is 2. The fourth-order valence-corrected chi connectivity index (χ4v) is 1.92. The van der Waals surface area contributed by atoms with Crippen LogP contribution in [0.25, 0.3) is 0 Å². The molecule has 0 spiro atoms. The number of amides is 3. The SMILES string of the molecule is CN1CCCC(NC(=O)NC(=O)CCC(=O)O)C1. The predicted octanol–water partition coefficient (Wildman–Crippen LogP) is -0.229. The van der Waals surface area contributed by atoms with Gasteiger partial charge in [0, 0.05) is 19.0 Å². The molecular formula is C11H19N3O4. The Hall–Kier alpha value is -1.63. The first-order valence-corrected chi connectivity index (χ1v) is 5.98.